The standard InChI is InChI=1S/C17H18F2N2O4/c1-10(2)15-8-14(20-25-15)17(24)21(6-5-16(22)23)9-11-3-4-12(18)13(19)7-11/h3-4,7-8,10H,5-6,9H2,1-2H3,(H,22,23). The Balaban J connectivity index is 2.22. The van der Waals surface area contributed by atoms with Gasteiger partial charge in [0.05, 0.1) is 6.42 Å². The molecule has 25 heavy (non-hydrogen) atoms. The van der Waals surface area contributed by atoms with Gasteiger partial charge in [-0.15, -0.1) is 0 Å². The predicted molar refractivity (Wildman–Crippen MR) is 83.9 cm³/mol. The Morgan fingerprint density at radius 2 is 1.96 bits per heavy atom. The van der Waals surface area contributed by atoms with Crippen molar-refractivity contribution in [3.8, 4) is 0 Å². The van der Waals surface area contributed by atoms with Gasteiger partial charge in [-0.3, -0.25) is 9.59 Å². The van der Waals surface area contributed by atoms with E-state index in [2.05, 4.69) is 5.16 Å². The van der Waals surface area contributed by atoms with E-state index < -0.39 is 23.5 Å². The van der Waals surface area contributed by atoms with Gasteiger partial charge in [-0.25, -0.2) is 8.78 Å². The van der Waals surface area contributed by atoms with Crippen molar-refractivity contribution in [3.63, 3.8) is 0 Å². The first kappa shape index (κ1) is 18.6. The smallest absolute Gasteiger partial charge is 0.305 e. The Morgan fingerprint density at radius 1 is 1.24 bits per heavy atom. The average molecular weight is 352 g/mol. The second kappa shape index (κ2) is 7.87. The summed E-state index contributed by atoms with van der Waals surface area (Å²) < 4.78 is 31.5. The molecule has 1 aromatic heterocycles. The van der Waals surface area contributed by atoms with E-state index >= 15 is 0 Å². The SMILES string of the molecule is CC(C)c1cc(C(=O)N(CCC(=O)O)Cc2ccc(F)c(F)c2)no1. The predicted octanol–water partition coefficient (Wildman–Crippen LogP) is 3.19. The van der Waals surface area contributed by atoms with Crippen LogP contribution in [0.1, 0.15) is 48.0 Å². The molecule has 0 aliphatic rings. The number of carbonyl (C=O) groups is 2. The highest BCUT2D eigenvalue weighted by molar-refractivity contribution is 5.92. The summed E-state index contributed by atoms with van der Waals surface area (Å²) in [5.41, 5.74) is 0.377. The molecule has 0 radical (unpaired) electrons. The fourth-order valence-corrected chi connectivity index (χ4v) is 2.17. The third-order valence-electron chi connectivity index (χ3n) is 3.56. The van der Waals surface area contributed by atoms with Gasteiger partial charge < -0.3 is 14.5 Å². The maximum atomic E-state index is 13.4. The van der Waals surface area contributed by atoms with Crippen LogP contribution in [0.3, 0.4) is 0 Å². The topological polar surface area (TPSA) is 83.6 Å². The van der Waals surface area contributed by atoms with Gasteiger partial charge in [-0.2, -0.15) is 0 Å². The van der Waals surface area contributed by atoms with Crippen LogP contribution in [0.25, 0.3) is 0 Å². The Bertz CT molecular complexity index is 774. The molecule has 2 rings (SSSR count). The van der Waals surface area contributed by atoms with E-state index in [9.17, 15) is 18.4 Å². The number of carbonyl (C=O) groups excluding carboxylic acids is 1. The average Bonchev–Trinajstić information content (AvgIpc) is 3.04. The van der Waals surface area contributed by atoms with Crippen LogP contribution < -0.4 is 0 Å². The molecule has 0 saturated heterocycles. The third kappa shape index (κ3) is 4.85. The second-order valence-electron chi connectivity index (χ2n) is 5.89. The lowest BCUT2D eigenvalue weighted by Gasteiger charge is -2.21. The molecule has 1 N–H and O–H groups in total. The van der Waals surface area contributed by atoms with E-state index in [1.165, 1.54) is 17.0 Å². The molecule has 0 unspecified atom stereocenters. The minimum Gasteiger partial charge on any atom is -0.481 e. The van der Waals surface area contributed by atoms with Crippen LogP contribution in [-0.4, -0.2) is 33.6 Å². The van der Waals surface area contributed by atoms with Gasteiger partial charge in [0.25, 0.3) is 5.91 Å². The minimum atomic E-state index is -1.08. The van der Waals surface area contributed by atoms with Gasteiger partial charge in [-0.1, -0.05) is 25.1 Å². The van der Waals surface area contributed by atoms with Gasteiger partial charge in [0, 0.05) is 25.1 Å². The number of aromatic nitrogens is 1. The van der Waals surface area contributed by atoms with Gasteiger partial charge in [0.15, 0.2) is 17.3 Å². The van der Waals surface area contributed by atoms with Crippen LogP contribution in [0.2, 0.25) is 0 Å². The second-order valence-corrected chi connectivity index (χ2v) is 5.89. The molecule has 0 bridgehead atoms. The molecule has 0 spiro atoms. The third-order valence-corrected chi connectivity index (χ3v) is 3.56. The Hall–Kier alpha value is -2.77. The molecule has 0 saturated carbocycles. The van der Waals surface area contributed by atoms with Crippen LogP contribution in [0, 0.1) is 11.6 Å². The summed E-state index contributed by atoms with van der Waals surface area (Å²) in [7, 11) is 0. The van der Waals surface area contributed by atoms with Crippen molar-refractivity contribution in [1.82, 2.24) is 10.1 Å². The molecule has 6 nitrogen and oxygen atoms in total. The zero-order chi connectivity index (χ0) is 18.6. The van der Waals surface area contributed by atoms with E-state index in [4.69, 9.17) is 9.63 Å². The molecule has 1 aromatic carbocycles. The van der Waals surface area contributed by atoms with Gasteiger partial charge >= 0.3 is 5.97 Å². The number of nitrogens with zero attached hydrogens (tertiary/aromatic N) is 2. The molecule has 1 heterocycles. The first-order valence-corrected chi connectivity index (χ1v) is 7.69. The largest absolute Gasteiger partial charge is 0.481 e. The van der Waals surface area contributed by atoms with Crippen LogP contribution in [0.4, 0.5) is 8.78 Å². The van der Waals surface area contributed by atoms with Crippen molar-refractivity contribution in [1.29, 1.82) is 0 Å². The van der Waals surface area contributed by atoms with E-state index in [1.54, 1.807) is 0 Å². The number of aliphatic carboxylic acids is 1. The number of rotatable bonds is 7. The monoisotopic (exact) mass is 352 g/mol. The molecule has 8 heteroatoms. The van der Waals surface area contributed by atoms with Crippen LogP contribution >= 0.6 is 0 Å². The number of hydrogen-bond donors (Lipinski definition) is 1. The number of hydrogen-bond acceptors (Lipinski definition) is 4. The molecule has 2 aromatic rings. The molecular weight excluding hydrogens is 334 g/mol. The van der Waals surface area contributed by atoms with Crippen LogP contribution in [0.15, 0.2) is 28.8 Å². The fraction of sp³-hybridized carbons (Fsp3) is 0.353. The Labute approximate surface area is 143 Å². The number of benzene rings is 1. The summed E-state index contributed by atoms with van der Waals surface area (Å²) in [5.74, 6) is -3.09. The highest BCUT2D eigenvalue weighted by atomic mass is 19.2. The lowest BCUT2D eigenvalue weighted by Crippen LogP contribution is -2.33. The summed E-state index contributed by atoms with van der Waals surface area (Å²) in [6, 6.07) is 4.75. The summed E-state index contributed by atoms with van der Waals surface area (Å²) in [6.45, 7) is 3.57. The quantitative estimate of drug-likeness (QED) is 0.827. The van der Waals surface area contributed by atoms with E-state index in [0.29, 0.717) is 11.3 Å². The molecule has 1 amide bonds. The van der Waals surface area contributed by atoms with Crippen molar-refractivity contribution in [2.45, 2.75) is 32.7 Å². The van der Waals surface area contributed by atoms with Crippen molar-refractivity contribution in [2.75, 3.05) is 6.54 Å². The van der Waals surface area contributed by atoms with Gasteiger partial charge in [0.2, 0.25) is 0 Å². The van der Waals surface area contributed by atoms with E-state index in [-0.39, 0.29) is 31.1 Å². The van der Waals surface area contributed by atoms with Crippen molar-refractivity contribution < 1.29 is 28.0 Å². The summed E-state index contributed by atoms with van der Waals surface area (Å²) in [4.78, 5) is 24.6. The molecule has 0 atom stereocenters. The normalized spacial score (nSPS) is 10.9. The lowest BCUT2D eigenvalue weighted by atomic mass is 10.1. The maximum absolute atomic E-state index is 13.4. The van der Waals surface area contributed by atoms with Crippen LogP contribution in [0.5, 0.6) is 0 Å². The van der Waals surface area contributed by atoms with Gasteiger partial charge in [0.1, 0.15) is 5.76 Å². The first-order valence-electron chi connectivity index (χ1n) is 7.69. The minimum absolute atomic E-state index is 0.0349. The number of halogens is 2. The highest BCUT2D eigenvalue weighted by Gasteiger charge is 2.22. The van der Waals surface area contributed by atoms with Gasteiger partial charge in [-0.05, 0) is 17.7 Å². The van der Waals surface area contributed by atoms with Crippen molar-refractivity contribution in [2.24, 2.45) is 0 Å². The fourth-order valence-electron chi connectivity index (χ4n) is 2.17. The van der Waals surface area contributed by atoms with Crippen molar-refractivity contribution in [3.05, 3.63) is 52.9 Å². The maximum Gasteiger partial charge on any atom is 0.305 e. The number of carboxylic acid groups (broad SMARTS) is 1. The molecule has 0 aliphatic carbocycles. The van der Waals surface area contributed by atoms with E-state index in [0.717, 1.165) is 12.1 Å². The van der Waals surface area contributed by atoms with Crippen LogP contribution in [-0.2, 0) is 11.3 Å². The molecular formula is C17H18F2N2O4. The lowest BCUT2D eigenvalue weighted by molar-refractivity contribution is -0.137. The summed E-state index contributed by atoms with van der Waals surface area (Å²) >= 11 is 0. The molecule has 0 fully saturated rings. The molecule has 134 valence electrons. The summed E-state index contributed by atoms with van der Waals surface area (Å²) in [6.07, 6.45) is -0.287. The zero-order valence-corrected chi connectivity index (χ0v) is 13.8. The first-order chi connectivity index (χ1) is 11.8. The Morgan fingerprint density at radius 3 is 2.52 bits per heavy atom. The zero-order valence-electron chi connectivity index (χ0n) is 13.8. The Kier molecular flexibility index (Phi) is 5.84. The van der Waals surface area contributed by atoms with Crippen molar-refractivity contribution >= 4 is 11.9 Å². The molecule has 0 aliphatic heterocycles. The summed E-state index contributed by atoms with van der Waals surface area (Å²) in [5, 5.41) is 12.6. The number of carboxylic acids is 1. The highest BCUT2D eigenvalue weighted by Crippen LogP contribution is 2.18. The number of amides is 1. The van der Waals surface area contributed by atoms with E-state index in [1.807, 2.05) is 13.8 Å².